The predicted octanol–water partition coefficient (Wildman–Crippen LogP) is 1.53. The number of nitrogen functional groups attached to an aromatic ring is 1. The van der Waals surface area contributed by atoms with Crippen LogP contribution in [0.15, 0.2) is 30.7 Å². The number of nitrogens with zero attached hydrogens (tertiary/aromatic N) is 2. The molecule has 19 heavy (non-hydrogen) atoms. The number of anilines is 1. The molecule has 1 amide bonds. The Kier molecular flexibility index (Phi) is 2.88. The number of benzene rings is 1. The smallest absolute Gasteiger partial charge is 0.251 e. The van der Waals surface area contributed by atoms with Crippen molar-refractivity contribution in [2.45, 2.75) is 6.54 Å². The quantitative estimate of drug-likeness (QED) is 0.674. The van der Waals surface area contributed by atoms with E-state index in [1.165, 1.54) is 11.3 Å². The van der Waals surface area contributed by atoms with E-state index in [2.05, 4.69) is 20.3 Å². The van der Waals surface area contributed by atoms with Crippen LogP contribution in [0.5, 0.6) is 0 Å². The van der Waals surface area contributed by atoms with Gasteiger partial charge in [-0.1, -0.05) is 11.3 Å². The van der Waals surface area contributed by atoms with Gasteiger partial charge in [-0.25, -0.2) is 9.97 Å². The van der Waals surface area contributed by atoms with Gasteiger partial charge in [0.05, 0.1) is 28.8 Å². The van der Waals surface area contributed by atoms with Crippen molar-refractivity contribution in [2.24, 2.45) is 0 Å². The summed E-state index contributed by atoms with van der Waals surface area (Å²) in [5, 5.41) is 3.32. The number of thiazole rings is 1. The standard InChI is InChI=1S/C12H11N5OS/c13-12-17-9-2-1-7(3-10(9)19-12)11(18)15-5-8-4-14-6-16-8/h1-4,6H,5H2,(H2,13,17)(H,14,16)(H,15,18). The summed E-state index contributed by atoms with van der Waals surface area (Å²) < 4.78 is 0.909. The molecule has 6 nitrogen and oxygen atoms in total. The molecule has 0 radical (unpaired) electrons. The van der Waals surface area contributed by atoms with Crippen LogP contribution in [0.1, 0.15) is 16.1 Å². The molecule has 96 valence electrons. The van der Waals surface area contributed by atoms with Gasteiger partial charge >= 0.3 is 0 Å². The van der Waals surface area contributed by atoms with Crippen molar-refractivity contribution < 1.29 is 4.79 Å². The predicted molar refractivity (Wildman–Crippen MR) is 73.8 cm³/mol. The Hall–Kier alpha value is -2.41. The van der Waals surface area contributed by atoms with Gasteiger partial charge in [-0.05, 0) is 18.2 Å². The Morgan fingerprint density at radius 3 is 3.16 bits per heavy atom. The van der Waals surface area contributed by atoms with E-state index in [-0.39, 0.29) is 5.91 Å². The highest BCUT2D eigenvalue weighted by molar-refractivity contribution is 7.22. The molecule has 3 rings (SSSR count). The van der Waals surface area contributed by atoms with Crippen molar-refractivity contribution in [3.05, 3.63) is 42.0 Å². The zero-order valence-corrected chi connectivity index (χ0v) is 10.7. The molecule has 0 aliphatic carbocycles. The summed E-state index contributed by atoms with van der Waals surface area (Å²) in [6.45, 7) is 0.418. The minimum absolute atomic E-state index is 0.136. The van der Waals surface area contributed by atoms with Gasteiger partial charge in [0.15, 0.2) is 5.13 Å². The molecule has 0 fully saturated rings. The molecule has 0 aliphatic heterocycles. The lowest BCUT2D eigenvalue weighted by atomic mass is 10.2. The summed E-state index contributed by atoms with van der Waals surface area (Å²) in [4.78, 5) is 23.0. The van der Waals surface area contributed by atoms with Crippen molar-refractivity contribution >= 4 is 32.6 Å². The summed E-state index contributed by atoms with van der Waals surface area (Å²) in [6, 6.07) is 5.34. The fourth-order valence-corrected chi connectivity index (χ4v) is 2.52. The van der Waals surface area contributed by atoms with Crippen molar-refractivity contribution in [3.63, 3.8) is 0 Å². The Morgan fingerprint density at radius 2 is 2.37 bits per heavy atom. The number of nitrogens with two attached hydrogens (primary N) is 1. The molecule has 0 aliphatic rings. The first-order valence-corrected chi connectivity index (χ1v) is 6.45. The number of carbonyl (C=O) groups excluding carboxylic acids is 1. The first-order chi connectivity index (χ1) is 9.22. The molecule has 0 atom stereocenters. The Balaban J connectivity index is 1.77. The van der Waals surface area contributed by atoms with Crippen molar-refractivity contribution in [3.8, 4) is 0 Å². The molecule has 0 bridgehead atoms. The average Bonchev–Trinajstić information content (AvgIpc) is 3.02. The van der Waals surface area contributed by atoms with Gasteiger partial charge in [-0.2, -0.15) is 0 Å². The SMILES string of the molecule is Nc1nc2ccc(C(=O)NCc3cnc[nH]3)cc2s1. The summed E-state index contributed by atoms with van der Waals surface area (Å²) >= 11 is 1.37. The summed E-state index contributed by atoms with van der Waals surface area (Å²) in [7, 11) is 0. The second-order valence-electron chi connectivity index (χ2n) is 3.99. The number of rotatable bonds is 3. The van der Waals surface area contributed by atoms with E-state index >= 15 is 0 Å². The largest absolute Gasteiger partial charge is 0.375 e. The molecule has 3 aromatic rings. The van der Waals surface area contributed by atoms with Crippen LogP contribution >= 0.6 is 11.3 Å². The van der Waals surface area contributed by atoms with E-state index in [1.54, 1.807) is 30.7 Å². The molecule has 0 unspecified atom stereocenters. The van der Waals surface area contributed by atoms with Crippen LogP contribution in [0.25, 0.3) is 10.2 Å². The van der Waals surface area contributed by atoms with Gasteiger partial charge in [0.1, 0.15) is 0 Å². The van der Waals surface area contributed by atoms with Crippen LogP contribution in [0.2, 0.25) is 0 Å². The maximum Gasteiger partial charge on any atom is 0.251 e. The van der Waals surface area contributed by atoms with Gasteiger partial charge in [0.25, 0.3) is 5.91 Å². The van der Waals surface area contributed by atoms with Crippen LogP contribution in [0, 0.1) is 0 Å². The lowest BCUT2D eigenvalue weighted by Gasteiger charge is -2.03. The van der Waals surface area contributed by atoms with Gasteiger partial charge in [0.2, 0.25) is 0 Å². The van der Waals surface area contributed by atoms with Crippen LogP contribution in [-0.4, -0.2) is 20.9 Å². The summed E-state index contributed by atoms with van der Waals surface area (Å²) in [5.74, 6) is -0.136. The Morgan fingerprint density at radius 1 is 1.47 bits per heavy atom. The first kappa shape index (κ1) is 11.7. The van der Waals surface area contributed by atoms with E-state index < -0.39 is 0 Å². The van der Waals surface area contributed by atoms with Gasteiger partial charge in [-0.3, -0.25) is 4.79 Å². The Bertz CT molecular complexity index is 719. The van der Waals surface area contributed by atoms with Crippen LogP contribution in [-0.2, 0) is 6.54 Å². The highest BCUT2D eigenvalue weighted by atomic mass is 32.1. The van der Waals surface area contributed by atoms with Crippen LogP contribution in [0.3, 0.4) is 0 Å². The summed E-state index contributed by atoms with van der Waals surface area (Å²) in [5.41, 5.74) is 7.90. The number of nitrogens with one attached hydrogen (secondary N) is 2. The first-order valence-electron chi connectivity index (χ1n) is 5.64. The topological polar surface area (TPSA) is 96.7 Å². The van der Waals surface area contributed by atoms with Gasteiger partial charge in [-0.15, -0.1) is 0 Å². The molecule has 0 spiro atoms. The highest BCUT2D eigenvalue weighted by Gasteiger charge is 2.08. The normalized spacial score (nSPS) is 10.7. The molecule has 7 heteroatoms. The second kappa shape index (κ2) is 4.69. The summed E-state index contributed by atoms with van der Waals surface area (Å²) in [6.07, 6.45) is 3.25. The number of amides is 1. The van der Waals surface area contributed by atoms with E-state index in [4.69, 9.17) is 5.73 Å². The fraction of sp³-hybridized carbons (Fsp3) is 0.0833. The van der Waals surface area contributed by atoms with E-state index in [0.717, 1.165) is 15.9 Å². The van der Waals surface area contributed by atoms with E-state index in [9.17, 15) is 4.79 Å². The number of imidazole rings is 1. The third kappa shape index (κ3) is 2.41. The number of H-pyrrole nitrogens is 1. The molecule has 1 aromatic carbocycles. The minimum atomic E-state index is -0.136. The van der Waals surface area contributed by atoms with E-state index in [1.807, 2.05) is 0 Å². The number of hydrogen-bond acceptors (Lipinski definition) is 5. The molecule has 0 saturated carbocycles. The van der Waals surface area contributed by atoms with Gasteiger partial charge < -0.3 is 16.0 Å². The number of fused-ring (bicyclic) bond motifs is 1. The highest BCUT2D eigenvalue weighted by Crippen LogP contribution is 2.24. The molecule has 2 aromatic heterocycles. The maximum absolute atomic E-state index is 12.0. The zero-order chi connectivity index (χ0) is 13.2. The van der Waals surface area contributed by atoms with Gasteiger partial charge in [0, 0.05) is 11.8 Å². The lowest BCUT2D eigenvalue weighted by Crippen LogP contribution is -2.22. The number of aromatic amines is 1. The minimum Gasteiger partial charge on any atom is -0.375 e. The maximum atomic E-state index is 12.0. The van der Waals surface area contributed by atoms with Crippen LogP contribution in [0.4, 0.5) is 5.13 Å². The Labute approximate surface area is 112 Å². The lowest BCUT2D eigenvalue weighted by molar-refractivity contribution is 0.0950. The van der Waals surface area contributed by atoms with Crippen molar-refractivity contribution in [2.75, 3.05) is 5.73 Å². The second-order valence-corrected chi connectivity index (χ2v) is 5.06. The average molecular weight is 273 g/mol. The molecule has 0 saturated heterocycles. The molecule has 2 heterocycles. The monoisotopic (exact) mass is 273 g/mol. The van der Waals surface area contributed by atoms with E-state index in [0.29, 0.717) is 17.2 Å². The third-order valence-electron chi connectivity index (χ3n) is 2.66. The van der Waals surface area contributed by atoms with Crippen molar-refractivity contribution in [1.29, 1.82) is 0 Å². The number of carbonyl (C=O) groups is 1. The molecular weight excluding hydrogens is 262 g/mol. The fourth-order valence-electron chi connectivity index (χ4n) is 1.74. The number of aromatic nitrogens is 3. The number of hydrogen-bond donors (Lipinski definition) is 3. The van der Waals surface area contributed by atoms with Crippen LogP contribution < -0.4 is 11.1 Å². The third-order valence-corrected chi connectivity index (χ3v) is 3.51. The molecular formula is C12H11N5OS. The van der Waals surface area contributed by atoms with Crippen molar-refractivity contribution in [1.82, 2.24) is 20.3 Å². The zero-order valence-electron chi connectivity index (χ0n) is 9.88. The molecule has 4 N–H and O–H groups in total.